The maximum Gasteiger partial charge on any atom is 0.107 e. The molecule has 0 radical (unpaired) electrons. The fourth-order valence-electron chi connectivity index (χ4n) is 1.28. The number of aryl methyl sites for hydroxylation is 1. The second-order valence-electron chi connectivity index (χ2n) is 3.91. The van der Waals surface area contributed by atoms with Crippen molar-refractivity contribution < 1.29 is 0 Å². The van der Waals surface area contributed by atoms with Gasteiger partial charge in [-0.15, -0.1) is 22.7 Å². The van der Waals surface area contributed by atoms with Gasteiger partial charge in [0.25, 0.3) is 0 Å². The van der Waals surface area contributed by atoms with Crippen LogP contribution in [0.2, 0.25) is 0 Å². The lowest BCUT2D eigenvalue weighted by atomic mass is 10.4. The van der Waals surface area contributed by atoms with E-state index in [1.807, 2.05) is 6.92 Å². The number of nitrogens with zero attached hydrogens (tertiary/aromatic N) is 2. The summed E-state index contributed by atoms with van der Waals surface area (Å²) in [6.45, 7) is 7.13. The number of hydrogen-bond acceptors (Lipinski definition) is 5. The monoisotopic (exact) mass is 253 g/mol. The van der Waals surface area contributed by atoms with Gasteiger partial charge in [0.2, 0.25) is 0 Å². The fraction of sp³-hybridized carbons (Fsp3) is 0.455. The molecule has 2 aromatic heterocycles. The predicted molar refractivity (Wildman–Crippen MR) is 69.9 cm³/mol. The van der Waals surface area contributed by atoms with E-state index < -0.39 is 0 Å². The summed E-state index contributed by atoms with van der Waals surface area (Å²) in [4.78, 5) is 9.00. The minimum absolute atomic E-state index is 0.494. The summed E-state index contributed by atoms with van der Waals surface area (Å²) in [6, 6.07) is 0.494. The van der Waals surface area contributed by atoms with Crippen LogP contribution in [0.25, 0.3) is 11.4 Å². The van der Waals surface area contributed by atoms with E-state index in [1.165, 1.54) is 0 Å². The lowest BCUT2D eigenvalue weighted by Gasteiger charge is -2.04. The zero-order valence-electron chi connectivity index (χ0n) is 9.65. The van der Waals surface area contributed by atoms with Gasteiger partial charge in [-0.2, -0.15) is 0 Å². The average Bonchev–Trinajstić information content (AvgIpc) is 2.83. The van der Waals surface area contributed by atoms with Gasteiger partial charge in [-0.3, -0.25) is 0 Å². The second kappa shape index (κ2) is 5.03. The first-order valence-corrected chi connectivity index (χ1v) is 7.01. The van der Waals surface area contributed by atoms with Crippen LogP contribution < -0.4 is 5.32 Å². The normalized spacial score (nSPS) is 11.2. The summed E-state index contributed by atoms with van der Waals surface area (Å²) in [7, 11) is 0. The molecule has 0 aromatic carbocycles. The van der Waals surface area contributed by atoms with E-state index in [1.54, 1.807) is 22.7 Å². The molecule has 5 heteroatoms. The molecule has 0 bridgehead atoms. The Morgan fingerprint density at radius 2 is 1.88 bits per heavy atom. The van der Waals surface area contributed by atoms with Crippen LogP contribution in [0.1, 0.15) is 23.9 Å². The van der Waals surface area contributed by atoms with Crippen molar-refractivity contribution in [1.82, 2.24) is 15.3 Å². The first-order chi connectivity index (χ1) is 7.65. The first-order valence-electron chi connectivity index (χ1n) is 5.25. The van der Waals surface area contributed by atoms with Gasteiger partial charge >= 0.3 is 0 Å². The molecule has 2 aromatic rings. The van der Waals surface area contributed by atoms with Crippen molar-refractivity contribution in [3.05, 3.63) is 20.8 Å². The maximum absolute atomic E-state index is 4.57. The molecule has 86 valence electrons. The third-order valence-corrected chi connectivity index (χ3v) is 3.72. The molecule has 2 heterocycles. The van der Waals surface area contributed by atoms with E-state index >= 15 is 0 Å². The summed E-state index contributed by atoms with van der Waals surface area (Å²) >= 11 is 3.35. The van der Waals surface area contributed by atoms with Gasteiger partial charge in [-0.1, -0.05) is 13.8 Å². The Bertz CT molecular complexity index is 459. The number of thiazole rings is 2. The Morgan fingerprint density at radius 3 is 2.50 bits per heavy atom. The number of nitrogens with one attached hydrogen (secondary N) is 1. The summed E-state index contributed by atoms with van der Waals surface area (Å²) in [6.07, 6.45) is 0. The van der Waals surface area contributed by atoms with Crippen LogP contribution in [-0.2, 0) is 6.54 Å². The molecule has 0 spiro atoms. The summed E-state index contributed by atoms with van der Waals surface area (Å²) in [5.41, 5.74) is 1.99. The quantitative estimate of drug-likeness (QED) is 0.910. The molecule has 0 aliphatic carbocycles. The summed E-state index contributed by atoms with van der Waals surface area (Å²) < 4.78 is 0. The minimum Gasteiger partial charge on any atom is -0.308 e. The molecule has 0 unspecified atom stereocenters. The molecule has 16 heavy (non-hydrogen) atoms. The molecule has 0 amide bonds. The molecule has 0 aliphatic rings. The molecule has 0 atom stereocenters. The first kappa shape index (κ1) is 11.7. The zero-order valence-corrected chi connectivity index (χ0v) is 11.3. The van der Waals surface area contributed by atoms with Crippen molar-refractivity contribution in [3.63, 3.8) is 0 Å². The lowest BCUT2D eigenvalue weighted by molar-refractivity contribution is 0.587. The van der Waals surface area contributed by atoms with Crippen LogP contribution in [0.4, 0.5) is 0 Å². The SMILES string of the molecule is Cc1nc(-c2csc(CNC(C)C)n2)cs1. The lowest BCUT2D eigenvalue weighted by Crippen LogP contribution is -2.21. The molecular weight excluding hydrogens is 238 g/mol. The molecule has 0 aliphatic heterocycles. The number of hydrogen-bond donors (Lipinski definition) is 1. The summed E-state index contributed by atoms with van der Waals surface area (Å²) in [5, 5.41) is 9.70. The highest BCUT2D eigenvalue weighted by atomic mass is 32.1. The number of aromatic nitrogens is 2. The van der Waals surface area contributed by atoms with Gasteiger partial charge in [0.15, 0.2) is 0 Å². The highest BCUT2D eigenvalue weighted by molar-refractivity contribution is 7.10. The predicted octanol–water partition coefficient (Wildman–Crippen LogP) is 3.07. The molecule has 1 N–H and O–H groups in total. The molecule has 0 saturated heterocycles. The Labute approximate surface area is 104 Å². The molecule has 3 nitrogen and oxygen atoms in total. The van der Waals surface area contributed by atoms with Crippen molar-refractivity contribution in [2.45, 2.75) is 33.4 Å². The van der Waals surface area contributed by atoms with Crippen LogP contribution in [-0.4, -0.2) is 16.0 Å². The molecule has 0 fully saturated rings. The Balaban J connectivity index is 2.07. The van der Waals surface area contributed by atoms with Crippen LogP contribution in [0, 0.1) is 6.92 Å². The van der Waals surface area contributed by atoms with Crippen molar-refractivity contribution >= 4 is 22.7 Å². The minimum atomic E-state index is 0.494. The Kier molecular flexibility index (Phi) is 3.68. The average molecular weight is 253 g/mol. The molecular formula is C11H15N3S2. The summed E-state index contributed by atoms with van der Waals surface area (Å²) in [5.74, 6) is 0. The van der Waals surface area contributed by atoms with Gasteiger partial charge in [0.05, 0.1) is 5.01 Å². The molecule has 0 saturated carbocycles. The van der Waals surface area contributed by atoms with E-state index in [4.69, 9.17) is 0 Å². The van der Waals surface area contributed by atoms with Crippen LogP contribution in [0.5, 0.6) is 0 Å². The number of rotatable bonds is 4. The van der Waals surface area contributed by atoms with Gasteiger partial charge in [-0.25, -0.2) is 9.97 Å². The van der Waals surface area contributed by atoms with Crippen molar-refractivity contribution in [1.29, 1.82) is 0 Å². The van der Waals surface area contributed by atoms with Crippen molar-refractivity contribution in [2.75, 3.05) is 0 Å². The van der Waals surface area contributed by atoms with E-state index in [0.717, 1.165) is 27.9 Å². The van der Waals surface area contributed by atoms with Crippen LogP contribution in [0.15, 0.2) is 10.8 Å². The van der Waals surface area contributed by atoms with Crippen molar-refractivity contribution in [3.8, 4) is 11.4 Å². The van der Waals surface area contributed by atoms with Gasteiger partial charge in [0, 0.05) is 23.3 Å². The second-order valence-corrected chi connectivity index (χ2v) is 5.92. The van der Waals surface area contributed by atoms with Crippen molar-refractivity contribution in [2.24, 2.45) is 0 Å². The highest BCUT2D eigenvalue weighted by Gasteiger charge is 2.07. The standard InChI is InChI=1S/C11H15N3S2/c1-7(2)12-4-11-14-10(6-16-11)9-5-15-8(3)13-9/h5-7,12H,4H2,1-3H3. The third-order valence-electron chi connectivity index (χ3n) is 2.09. The molecule has 2 rings (SSSR count). The Hall–Kier alpha value is -0.780. The third kappa shape index (κ3) is 2.87. The van der Waals surface area contributed by atoms with E-state index in [0.29, 0.717) is 6.04 Å². The smallest absolute Gasteiger partial charge is 0.107 e. The van der Waals surface area contributed by atoms with Crippen LogP contribution >= 0.6 is 22.7 Å². The maximum atomic E-state index is 4.57. The largest absolute Gasteiger partial charge is 0.308 e. The topological polar surface area (TPSA) is 37.8 Å². The Morgan fingerprint density at radius 1 is 1.19 bits per heavy atom. The zero-order chi connectivity index (χ0) is 11.5. The highest BCUT2D eigenvalue weighted by Crippen LogP contribution is 2.23. The van der Waals surface area contributed by atoms with E-state index in [-0.39, 0.29) is 0 Å². The van der Waals surface area contributed by atoms with Gasteiger partial charge in [0.1, 0.15) is 16.4 Å². The van der Waals surface area contributed by atoms with E-state index in [2.05, 4.69) is 39.9 Å². The van der Waals surface area contributed by atoms with E-state index in [9.17, 15) is 0 Å². The fourth-order valence-corrected chi connectivity index (χ4v) is 2.63. The van der Waals surface area contributed by atoms with Crippen LogP contribution in [0.3, 0.4) is 0 Å². The van der Waals surface area contributed by atoms with Gasteiger partial charge in [-0.05, 0) is 6.92 Å². The van der Waals surface area contributed by atoms with Gasteiger partial charge < -0.3 is 5.32 Å².